The molecule has 1 aliphatic carbocycles. The van der Waals surface area contributed by atoms with Gasteiger partial charge in [0.25, 0.3) is 0 Å². The van der Waals surface area contributed by atoms with Gasteiger partial charge in [0.15, 0.2) is 10.9 Å². The largest absolute Gasteiger partial charge is 0.303 e. The highest BCUT2D eigenvalue weighted by atomic mass is 35.5. The molecule has 1 fully saturated rings. The van der Waals surface area contributed by atoms with E-state index >= 15 is 0 Å². The van der Waals surface area contributed by atoms with Gasteiger partial charge in [0.2, 0.25) is 0 Å². The topological polar surface area (TPSA) is 47.8 Å². The summed E-state index contributed by atoms with van der Waals surface area (Å²) >= 11 is 10.5. The first-order chi connectivity index (χ1) is 13.2. The number of nitrogens with zero attached hydrogens (tertiary/aromatic N) is 3. The number of halogens is 1. The fourth-order valence-electron chi connectivity index (χ4n) is 3.47. The van der Waals surface area contributed by atoms with Gasteiger partial charge in [0, 0.05) is 17.3 Å². The molecule has 142 valence electrons. The Labute approximate surface area is 176 Å². The maximum Gasteiger partial charge on any atom is 0.191 e. The van der Waals surface area contributed by atoms with Crippen LogP contribution in [-0.2, 0) is 6.42 Å². The zero-order valence-electron chi connectivity index (χ0n) is 14.8. The van der Waals surface area contributed by atoms with Crippen LogP contribution in [0.25, 0.3) is 0 Å². The second-order valence-electron chi connectivity index (χ2n) is 6.63. The predicted octanol–water partition coefficient (Wildman–Crippen LogP) is 6.13. The van der Waals surface area contributed by atoms with Crippen molar-refractivity contribution in [3.05, 3.63) is 49.6 Å². The highest BCUT2D eigenvalue weighted by molar-refractivity contribution is 7.99. The van der Waals surface area contributed by atoms with Gasteiger partial charge < -0.3 is 4.57 Å². The van der Waals surface area contributed by atoms with Gasteiger partial charge in [0.1, 0.15) is 5.82 Å². The molecule has 8 heteroatoms. The predicted molar refractivity (Wildman–Crippen MR) is 114 cm³/mol. The zero-order chi connectivity index (χ0) is 18.6. The summed E-state index contributed by atoms with van der Waals surface area (Å²) in [5, 5.41) is 11.9. The van der Waals surface area contributed by atoms with E-state index < -0.39 is 0 Å². The Morgan fingerprint density at radius 2 is 2.07 bits per heavy atom. The van der Waals surface area contributed by atoms with Gasteiger partial charge in [-0.1, -0.05) is 48.7 Å². The lowest BCUT2D eigenvalue weighted by Gasteiger charge is -2.25. The molecular formula is C19H20ClN3OS3. The van der Waals surface area contributed by atoms with Gasteiger partial charge in [-0.3, -0.25) is 4.79 Å². The number of aromatic nitrogens is 3. The van der Waals surface area contributed by atoms with E-state index in [2.05, 4.69) is 32.3 Å². The summed E-state index contributed by atoms with van der Waals surface area (Å²) in [5.74, 6) is 1.47. The van der Waals surface area contributed by atoms with Crippen LogP contribution < -0.4 is 0 Å². The third-order valence-electron chi connectivity index (χ3n) is 4.77. The summed E-state index contributed by atoms with van der Waals surface area (Å²) in [6.45, 7) is 0. The third-order valence-corrected chi connectivity index (χ3v) is 7.86. The van der Waals surface area contributed by atoms with E-state index in [0.29, 0.717) is 21.0 Å². The van der Waals surface area contributed by atoms with E-state index in [-0.39, 0.29) is 5.78 Å². The number of ketones is 1. The highest BCUT2D eigenvalue weighted by Crippen LogP contribution is 2.34. The van der Waals surface area contributed by atoms with Gasteiger partial charge in [-0.05, 0) is 36.4 Å². The molecular weight excluding hydrogens is 418 g/mol. The number of Topliss-reactive ketones (excluding diaryl/α,β-unsaturated/α-hetero) is 1. The van der Waals surface area contributed by atoms with Crippen LogP contribution in [0, 0.1) is 0 Å². The van der Waals surface area contributed by atoms with Gasteiger partial charge in [-0.25, -0.2) is 0 Å². The molecule has 4 rings (SSSR count). The molecule has 0 saturated heterocycles. The van der Waals surface area contributed by atoms with Crippen LogP contribution in [0.2, 0.25) is 4.34 Å². The SMILES string of the molecule is O=C(CSc1nnc(Cc2cccs2)n1C1CCCCC1)c1ccc(Cl)s1. The maximum atomic E-state index is 12.5. The van der Waals surface area contributed by atoms with Gasteiger partial charge in [-0.15, -0.1) is 32.9 Å². The molecule has 3 heterocycles. The van der Waals surface area contributed by atoms with E-state index in [9.17, 15) is 4.79 Å². The standard InChI is InChI=1S/C19H20ClN3OS3/c20-17-9-8-16(27-17)15(24)12-26-19-22-21-18(11-14-7-4-10-25-14)23(19)13-5-2-1-3-6-13/h4,7-10,13H,1-3,5-6,11-12H2. The number of rotatable bonds is 7. The third kappa shape index (κ3) is 4.65. The molecule has 1 saturated carbocycles. The second-order valence-corrected chi connectivity index (χ2v) is 10.3. The van der Waals surface area contributed by atoms with Crippen molar-refractivity contribution in [2.45, 2.75) is 49.7 Å². The van der Waals surface area contributed by atoms with Crippen LogP contribution in [0.1, 0.15) is 58.5 Å². The molecule has 4 nitrogen and oxygen atoms in total. The molecule has 27 heavy (non-hydrogen) atoms. The smallest absolute Gasteiger partial charge is 0.191 e. The van der Waals surface area contributed by atoms with Crippen LogP contribution in [0.4, 0.5) is 0 Å². The van der Waals surface area contributed by atoms with Crippen molar-refractivity contribution in [3.63, 3.8) is 0 Å². The molecule has 0 spiro atoms. The van der Waals surface area contributed by atoms with E-state index in [4.69, 9.17) is 11.6 Å². The quantitative estimate of drug-likeness (QED) is 0.329. The molecule has 3 aromatic heterocycles. The fraction of sp³-hybridized carbons (Fsp3) is 0.421. The molecule has 1 aliphatic rings. The number of thioether (sulfide) groups is 1. The van der Waals surface area contributed by atoms with E-state index in [0.717, 1.165) is 30.2 Å². The van der Waals surface area contributed by atoms with Crippen molar-refractivity contribution in [3.8, 4) is 0 Å². The van der Waals surface area contributed by atoms with E-state index in [1.807, 2.05) is 0 Å². The van der Waals surface area contributed by atoms with Crippen molar-refractivity contribution < 1.29 is 4.79 Å². The van der Waals surface area contributed by atoms with E-state index in [1.54, 1.807) is 23.5 Å². The number of hydrogen-bond donors (Lipinski definition) is 0. The van der Waals surface area contributed by atoms with Crippen molar-refractivity contribution in [2.24, 2.45) is 0 Å². The summed E-state index contributed by atoms with van der Waals surface area (Å²) in [4.78, 5) is 14.5. The summed E-state index contributed by atoms with van der Waals surface area (Å²) in [6, 6.07) is 8.22. The average molecular weight is 438 g/mol. The fourth-order valence-corrected chi connectivity index (χ4v) is 6.15. The molecule has 0 unspecified atom stereocenters. The minimum absolute atomic E-state index is 0.0925. The number of carbonyl (C=O) groups excluding carboxylic acids is 1. The summed E-state index contributed by atoms with van der Waals surface area (Å²) in [7, 11) is 0. The molecule has 0 amide bonds. The second kappa shape index (κ2) is 8.90. The van der Waals surface area contributed by atoms with Crippen LogP contribution in [0.3, 0.4) is 0 Å². The molecule has 3 aromatic rings. The van der Waals surface area contributed by atoms with Gasteiger partial charge in [0.05, 0.1) is 15.0 Å². The number of hydrogen-bond acceptors (Lipinski definition) is 6. The molecule has 0 N–H and O–H groups in total. The first-order valence-electron chi connectivity index (χ1n) is 9.08. The van der Waals surface area contributed by atoms with Crippen LogP contribution >= 0.6 is 46.0 Å². The monoisotopic (exact) mass is 437 g/mol. The van der Waals surface area contributed by atoms with Gasteiger partial charge in [-0.2, -0.15) is 0 Å². The van der Waals surface area contributed by atoms with Crippen molar-refractivity contribution >= 4 is 51.8 Å². The normalized spacial score (nSPS) is 15.3. The highest BCUT2D eigenvalue weighted by Gasteiger charge is 2.24. The minimum atomic E-state index is 0.0925. The Morgan fingerprint density at radius 3 is 2.78 bits per heavy atom. The average Bonchev–Trinajstić information content (AvgIpc) is 3.42. The van der Waals surface area contributed by atoms with Crippen LogP contribution in [0.5, 0.6) is 0 Å². The molecule has 0 radical (unpaired) electrons. The summed E-state index contributed by atoms with van der Waals surface area (Å²) in [5.41, 5.74) is 0. The molecule has 0 aliphatic heterocycles. The number of thiophene rings is 2. The Morgan fingerprint density at radius 1 is 1.22 bits per heavy atom. The Hall–Kier alpha value is -1.15. The summed E-state index contributed by atoms with van der Waals surface area (Å²) in [6.07, 6.45) is 6.93. The van der Waals surface area contributed by atoms with Crippen LogP contribution in [0.15, 0.2) is 34.8 Å². The number of carbonyl (C=O) groups is 1. The molecule has 0 atom stereocenters. The van der Waals surface area contributed by atoms with Crippen molar-refractivity contribution in [2.75, 3.05) is 5.75 Å². The van der Waals surface area contributed by atoms with Crippen molar-refractivity contribution in [1.29, 1.82) is 0 Å². The zero-order valence-corrected chi connectivity index (χ0v) is 18.0. The van der Waals surface area contributed by atoms with Gasteiger partial charge >= 0.3 is 0 Å². The first kappa shape index (κ1) is 19.2. The lowest BCUT2D eigenvalue weighted by Crippen LogP contribution is -2.17. The first-order valence-corrected chi connectivity index (χ1v) is 12.1. The molecule has 0 aromatic carbocycles. The van der Waals surface area contributed by atoms with Crippen molar-refractivity contribution in [1.82, 2.24) is 14.8 Å². The Kier molecular flexibility index (Phi) is 6.32. The lowest BCUT2D eigenvalue weighted by molar-refractivity contribution is 0.102. The Balaban J connectivity index is 1.53. The summed E-state index contributed by atoms with van der Waals surface area (Å²) < 4.78 is 2.95. The minimum Gasteiger partial charge on any atom is -0.303 e. The van der Waals surface area contributed by atoms with Crippen LogP contribution in [-0.4, -0.2) is 26.3 Å². The lowest BCUT2D eigenvalue weighted by atomic mass is 9.95. The maximum absolute atomic E-state index is 12.5. The Bertz CT molecular complexity index is 897. The molecule has 0 bridgehead atoms. The van der Waals surface area contributed by atoms with E-state index in [1.165, 1.54) is 47.2 Å².